The number of nitrogens with one attached hydrogen (secondary N) is 1. The van der Waals surface area contributed by atoms with Crippen LogP contribution in [0, 0.1) is 0 Å². The van der Waals surface area contributed by atoms with Crippen molar-refractivity contribution in [3.8, 4) is 33.8 Å². The quantitative estimate of drug-likeness (QED) is 0.252. The molecule has 0 radical (unpaired) electrons. The summed E-state index contributed by atoms with van der Waals surface area (Å²) in [6, 6.07) is 15.7. The highest BCUT2D eigenvalue weighted by Gasteiger charge is 2.29. The highest BCUT2D eigenvalue weighted by Crippen LogP contribution is 2.36. The van der Waals surface area contributed by atoms with Gasteiger partial charge in [0.2, 0.25) is 0 Å². The topological polar surface area (TPSA) is 153 Å². The molecule has 43 heavy (non-hydrogen) atoms. The number of aryl methyl sites for hydroxylation is 1. The van der Waals surface area contributed by atoms with Crippen molar-refractivity contribution in [3.63, 3.8) is 0 Å². The summed E-state index contributed by atoms with van der Waals surface area (Å²) in [7, 11) is 3.11. The second-order valence-corrected chi connectivity index (χ2v) is 10.3. The molecular weight excluding hydrogens is 576 g/mol. The Kier molecular flexibility index (Phi) is 7.65. The van der Waals surface area contributed by atoms with Crippen molar-refractivity contribution in [2.45, 2.75) is 18.9 Å². The molecular formula is C29H27ClN8O5. The number of carboxylic acid groups (broad SMARTS) is 1. The molecule has 1 aliphatic heterocycles. The van der Waals surface area contributed by atoms with Gasteiger partial charge in [0.05, 0.1) is 37.7 Å². The zero-order chi connectivity index (χ0) is 30.1. The van der Waals surface area contributed by atoms with E-state index < -0.39 is 6.09 Å². The molecule has 2 N–H and O–H groups in total. The number of hydrogen-bond donors (Lipinski definition) is 2. The van der Waals surface area contributed by atoms with Crippen molar-refractivity contribution in [1.29, 1.82) is 0 Å². The Bertz CT molecular complexity index is 1830. The van der Waals surface area contributed by atoms with Gasteiger partial charge in [0.15, 0.2) is 5.15 Å². The number of imidazole rings is 1. The van der Waals surface area contributed by atoms with E-state index in [0.29, 0.717) is 41.5 Å². The van der Waals surface area contributed by atoms with Crippen LogP contribution < -0.4 is 15.2 Å². The second kappa shape index (κ2) is 11.7. The van der Waals surface area contributed by atoms with Crippen LogP contribution >= 0.6 is 11.6 Å². The normalized spacial score (nSPS) is 14.1. The zero-order valence-corrected chi connectivity index (χ0v) is 24.0. The van der Waals surface area contributed by atoms with E-state index >= 15 is 0 Å². The van der Waals surface area contributed by atoms with Crippen LogP contribution in [0.5, 0.6) is 5.75 Å². The Morgan fingerprint density at radius 3 is 2.65 bits per heavy atom. The van der Waals surface area contributed by atoms with E-state index in [1.165, 1.54) is 18.3 Å². The summed E-state index contributed by atoms with van der Waals surface area (Å²) >= 11 is 6.57. The molecule has 220 valence electrons. The minimum absolute atomic E-state index is 0.177. The van der Waals surface area contributed by atoms with Crippen LogP contribution in [0.2, 0.25) is 5.15 Å². The number of rotatable bonds is 9. The molecule has 0 unspecified atom stereocenters. The number of ether oxygens (including phenoxy) is 2. The van der Waals surface area contributed by atoms with E-state index in [4.69, 9.17) is 21.1 Å². The van der Waals surface area contributed by atoms with Crippen LogP contribution in [0.4, 0.5) is 10.5 Å². The molecule has 0 aliphatic carbocycles. The van der Waals surface area contributed by atoms with Crippen LogP contribution in [-0.4, -0.2) is 73.3 Å². The average Bonchev–Trinajstić information content (AvgIpc) is 3.78. The Morgan fingerprint density at radius 2 is 1.95 bits per heavy atom. The summed E-state index contributed by atoms with van der Waals surface area (Å²) in [5.41, 5.74) is 4.71. The van der Waals surface area contributed by atoms with Crippen molar-refractivity contribution < 1.29 is 19.4 Å². The lowest BCUT2D eigenvalue weighted by atomic mass is 10.0. The maximum atomic E-state index is 13.6. The predicted molar refractivity (Wildman–Crippen MR) is 158 cm³/mol. The number of aromatic amines is 1. The number of nitrogens with zero attached hydrogens (tertiary/aromatic N) is 7. The molecule has 0 fully saturated rings. The van der Waals surface area contributed by atoms with Crippen LogP contribution in [0.1, 0.15) is 24.0 Å². The first-order chi connectivity index (χ1) is 20.9. The lowest BCUT2D eigenvalue weighted by molar-refractivity contribution is 0.186. The van der Waals surface area contributed by atoms with Crippen LogP contribution in [0.25, 0.3) is 28.1 Å². The number of halogens is 1. The molecule has 0 saturated carbocycles. The molecule has 3 aromatic heterocycles. The Hall–Kier alpha value is -5.01. The molecule has 0 saturated heterocycles. The van der Waals surface area contributed by atoms with Crippen molar-refractivity contribution in [2.75, 3.05) is 32.3 Å². The summed E-state index contributed by atoms with van der Waals surface area (Å²) in [5.74, 6) is 1.21. The Labute approximate surface area is 250 Å². The maximum Gasteiger partial charge on any atom is 0.411 e. The Morgan fingerprint density at radius 1 is 1.14 bits per heavy atom. The lowest BCUT2D eigenvalue weighted by Gasteiger charge is -2.19. The van der Waals surface area contributed by atoms with E-state index in [0.717, 1.165) is 22.4 Å². The van der Waals surface area contributed by atoms with Gasteiger partial charge in [0.1, 0.15) is 17.9 Å². The highest BCUT2D eigenvalue weighted by molar-refractivity contribution is 6.31. The van der Waals surface area contributed by atoms with Crippen molar-refractivity contribution in [2.24, 2.45) is 0 Å². The van der Waals surface area contributed by atoms with E-state index in [1.807, 2.05) is 24.3 Å². The number of aromatic nitrogens is 7. The summed E-state index contributed by atoms with van der Waals surface area (Å²) < 4.78 is 13.7. The zero-order valence-electron chi connectivity index (χ0n) is 23.3. The van der Waals surface area contributed by atoms with Gasteiger partial charge in [0, 0.05) is 35.7 Å². The van der Waals surface area contributed by atoms with Crippen molar-refractivity contribution in [1.82, 2.24) is 34.7 Å². The van der Waals surface area contributed by atoms with Gasteiger partial charge in [-0.25, -0.2) is 9.78 Å². The van der Waals surface area contributed by atoms with Gasteiger partial charge in [0.25, 0.3) is 5.56 Å². The van der Waals surface area contributed by atoms with Crippen LogP contribution in [0.15, 0.2) is 65.7 Å². The van der Waals surface area contributed by atoms with E-state index in [2.05, 4.69) is 25.5 Å². The smallest absolute Gasteiger partial charge is 0.411 e. The van der Waals surface area contributed by atoms with Crippen molar-refractivity contribution >= 4 is 23.4 Å². The number of hydrogen-bond acceptors (Lipinski definition) is 8. The molecule has 6 rings (SSSR count). The fraction of sp³-hybridized carbons (Fsp3) is 0.241. The second-order valence-electron chi connectivity index (χ2n) is 9.90. The van der Waals surface area contributed by atoms with Crippen LogP contribution in [0.3, 0.4) is 0 Å². The third kappa shape index (κ3) is 5.35. The molecule has 13 nitrogen and oxygen atoms in total. The van der Waals surface area contributed by atoms with Gasteiger partial charge in [-0.05, 0) is 65.2 Å². The molecule has 2 aromatic carbocycles. The SMILES string of the molecule is COCCN(C(=O)O)c1ccc(-c2[nH]c([C@@H]3CCc4cc(-c5cc(OC)ccc5-n5cnnn5)cc(=O)n43)nc2Cl)cc1. The van der Waals surface area contributed by atoms with E-state index in [1.54, 1.807) is 46.7 Å². The minimum atomic E-state index is -1.07. The minimum Gasteiger partial charge on any atom is -0.497 e. The number of anilines is 1. The lowest BCUT2D eigenvalue weighted by Crippen LogP contribution is -2.32. The average molecular weight is 603 g/mol. The number of pyridine rings is 1. The number of carbonyl (C=O) groups is 1. The number of H-pyrrole nitrogens is 1. The third-order valence-corrected chi connectivity index (χ3v) is 7.73. The number of amides is 1. The summed E-state index contributed by atoms with van der Waals surface area (Å²) in [6.45, 7) is 0.474. The standard InChI is InChI=1S/C29H27ClN8O5/c1-42-12-11-36(29(40)41)19-5-3-17(4-6-19)26-27(30)33-28(32-26)24-9-7-20-13-18(14-25(39)38(20)24)22-15-21(43-2)8-10-23(22)37-16-31-34-35-37/h3-6,8,10,13-16,24H,7,9,11-12H2,1-2H3,(H,32,33)(H,40,41)/t24-/m0/s1. The first-order valence-corrected chi connectivity index (χ1v) is 13.8. The van der Waals surface area contributed by atoms with E-state index in [9.17, 15) is 14.7 Å². The monoisotopic (exact) mass is 602 g/mol. The van der Waals surface area contributed by atoms with Gasteiger partial charge in [-0.1, -0.05) is 23.7 Å². The van der Waals surface area contributed by atoms with Gasteiger partial charge in [-0.15, -0.1) is 5.10 Å². The number of benzene rings is 2. The largest absolute Gasteiger partial charge is 0.497 e. The van der Waals surface area contributed by atoms with E-state index in [-0.39, 0.29) is 29.9 Å². The third-order valence-electron chi connectivity index (χ3n) is 7.46. The fourth-order valence-corrected chi connectivity index (χ4v) is 5.65. The molecule has 0 spiro atoms. The molecule has 5 aromatic rings. The summed E-state index contributed by atoms with van der Waals surface area (Å²) in [5, 5.41) is 21.3. The number of tetrazole rings is 1. The summed E-state index contributed by atoms with van der Waals surface area (Å²) in [4.78, 5) is 34.4. The Balaban J connectivity index is 1.31. The first-order valence-electron chi connectivity index (χ1n) is 13.4. The molecule has 1 amide bonds. The van der Waals surface area contributed by atoms with Gasteiger partial charge in [-0.2, -0.15) is 4.68 Å². The van der Waals surface area contributed by atoms with Gasteiger partial charge in [-0.3, -0.25) is 9.69 Å². The molecule has 14 heteroatoms. The van der Waals surface area contributed by atoms with Crippen LogP contribution in [-0.2, 0) is 11.2 Å². The fourth-order valence-electron chi connectivity index (χ4n) is 5.40. The van der Waals surface area contributed by atoms with Crippen molar-refractivity contribution in [3.05, 3.63) is 87.9 Å². The maximum absolute atomic E-state index is 13.6. The number of fused-ring (bicyclic) bond motifs is 1. The molecule has 0 bridgehead atoms. The summed E-state index contributed by atoms with van der Waals surface area (Å²) in [6.07, 6.45) is 1.74. The molecule has 1 aliphatic rings. The first kappa shape index (κ1) is 28.1. The van der Waals surface area contributed by atoms with Gasteiger partial charge >= 0.3 is 6.09 Å². The predicted octanol–water partition coefficient (Wildman–Crippen LogP) is 4.21. The number of methoxy groups -OCH3 is 2. The molecule has 1 atom stereocenters. The van der Waals surface area contributed by atoms with Gasteiger partial charge < -0.3 is 24.1 Å². The highest BCUT2D eigenvalue weighted by atomic mass is 35.5. The molecule has 4 heterocycles.